The van der Waals surface area contributed by atoms with Crippen LogP contribution in [0.15, 0.2) is 0 Å². The Morgan fingerprint density at radius 1 is 1.44 bits per heavy atom. The Bertz CT molecular complexity index is 83.1. The SMILES string of the molecule is CCC(N)C(O)(O)CC. The van der Waals surface area contributed by atoms with Crippen molar-refractivity contribution in [3.8, 4) is 0 Å². The number of rotatable bonds is 3. The molecule has 0 saturated carbocycles. The normalized spacial score (nSPS) is 15.7. The van der Waals surface area contributed by atoms with Gasteiger partial charge in [-0.1, -0.05) is 13.8 Å². The molecule has 3 heteroatoms. The second-order valence-corrected chi connectivity index (χ2v) is 2.25. The lowest BCUT2D eigenvalue weighted by Crippen LogP contribution is -2.46. The Morgan fingerprint density at radius 3 is 2.00 bits per heavy atom. The van der Waals surface area contributed by atoms with Gasteiger partial charge in [-0.2, -0.15) is 0 Å². The second-order valence-electron chi connectivity index (χ2n) is 2.25. The van der Waals surface area contributed by atoms with Gasteiger partial charge in [0.15, 0.2) is 5.79 Å². The van der Waals surface area contributed by atoms with Gasteiger partial charge in [-0.15, -0.1) is 0 Å². The molecule has 4 N–H and O–H groups in total. The maximum absolute atomic E-state index is 9.02. The van der Waals surface area contributed by atoms with E-state index in [1.165, 1.54) is 0 Å². The molecule has 0 aromatic rings. The van der Waals surface area contributed by atoms with Crippen LogP contribution >= 0.6 is 0 Å². The van der Waals surface area contributed by atoms with E-state index < -0.39 is 11.8 Å². The molecule has 0 rings (SSSR count). The fourth-order valence-electron chi connectivity index (χ4n) is 0.589. The van der Waals surface area contributed by atoms with Crippen molar-refractivity contribution in [2.75, 3.05) is 0 Å². The van der Waals surface area contributed by atoms with Crippen LogP contribution in [0.25, 0.3) is 0 Å². The summed E-state index contributed by atoms with van der Waals surface area (Å²) < 4.78 is 0. The van der Waals surface area contributed by atoms with Crippen molar-refractivity contribution in [1.82, 2.24) is 0 Å². The predicted molar refractivity (Wildman–Crippen MR) is 35.7 cm³/mol. The van der Waals surface area contributed by atoms with Gasteiger partial charge in [-0.3, -0.25) is 0 Å². The van der Waals surface area contributed by atoms with Crippen molar-refractivity contribution in [2.24, 2.45) is 5.73 Å². The molecule has 9 heavy (non-hydrogen) atoms. The molecule has 0 saturated heterocycles. The Morgan fingerprint density at radius 2 is 1.89 bits per heavy atom. The summed E-state index contributed by atoms with van der Waals surface area (Å²) in [4.78, 5) is 0. The van der Waals surface area contributed by atoms with Crippen molar-refractivity contribution in [3.05, 3.63) is 0 Å². The van der Waals surface area contributed by atoms with Crippen LogP contribution in [0.1, 0.15) is 26.7 Å². The molecule has 0 bridgehead atoms. The van der Waals surface area contributed by atoms with Crippen LogP contribution in [0, 0.1) is 0 Å². The average Bonchev–Trinajstić information content (AvgIpc) is 1.86. The molecule has 0 aromatic carbocycles. The van der Waals surface area contributed by atoms with Crippen molar-refractivity contribution >= 4 is 0 Å². The van der Waals surface area contributed by atoms with E-state index in [0.717, 1.165) is 0 Å². The highest BCUT2D eigenvalue weighted by atomic mass is 16.5. The molecule has 0 spiro atoms. The van der Waals surface area contributed by atoms with E-state index in [9.17, 15) is 0 Å². The number of hydrogen-bond donors (Lipinski definition) is 3. The van der Waals surface area contributed by atoms with Crippen LogP contribution in [0.4, 0.5) is 0 Å². The first-order valence-corrected chi connectivity index (χ1v) is 3.25. The van der Waals surface area contributed by atoms with Gasteiger partial charge >= 0.3 is 0 Å². The van der Waals surface area contributed by atoms with Crippen molar-refractivity contribution in [3.63, 3.8) is 0 Å². The first-order valence-electron chi connectivity index (χ1n) is 3.25. The molecule has 1 unspecified atom stereocenters. The van der Waals surface area contributed by atoms with Gasteiger partial charge in [-0.25, -0.2) is 0 Å². The maximum Gasteiger partial charge on any atom is 0.177 e. The van der Waals surface area contributed by atoms with Crippen LogP contribution in [0.3, 0.4) is 0 Å². The van der Waals surface area contributed by atoms with Crippen molar-refractivity contribution < 1.29 is 10.2 Å². The summed E-state index contributed by atoms with van der Waals surface area (Å²) in [5.41, 5.74) is 5.36. The first-order chi connectivity index (χ1) is 4.04. The summed E-state index contributed by atoms with van der Waals surface area (Å²) in [7, 11) is 0. The molecule has 0 fully saturated rings. The van der Waals surface area contributed by atoms with Crippen LogP contribution < -0.4 is 5.73 Å². The number of hydrogen-bond acceptors (Lipinski definition) is 3. The van der Waals surface area contributed by atoms with Gasteiger partial charge < -0.3 is 15.9 Å². The van der Waals surface area contributed by atoms with Crippen molar-refractivity contribution in [2.45, 2.75) is 38.5 Å². The molecule has 0 radical (unpaired) electrons. The summed E-state index contributed by atoms with van der Waals surface area (Å²) in [6.45, 7) is 3.51. The summed E-state index contributed by atoms with van der Waals surface area (Å²) >= 11 is 0. The van der Waals surface area contributed by atoms with E-state index >= 15 is 0 Å². The fourth-order valence-corrected chi connectivity index (χ4v) is 0.589. The molecular formula is C6H15NO2. The molecule has 0 aromatic heterocycles. The largest absolute Gasteiger partial charge is 0.364 e. The van der Waals surface area contributed by atoms with Crippen molar-refractivity contribution in [1.29, 1.82) is 0 Å². The van der Waals surface area contributed by atoms with Gasteiger partial charge in [0.2, 0.25) is 0 Å². The molecule has 0 heterocycles. The molecule has 3 nitrogen and oxygen atoms in total. The van der Waals surface area contributed by atoms with Gasteiger partial charge in [0, 0.05) is 0 Å². The molecule has 0 aliphatic rings. The Hall–Kier alpha value is -0.120. The standard InChI is InChI=1S/C6H15NO2/c1-3-5(7)6(8,9)4-2/h5,8-9H,3-4,7H2,1-2H3. The molecule has 0 amide bonds. The predicted octanol–water partition coefficient (Wildman–Crippen LogP) is -0.185. The van der Waals surface area contributed by atoms with Crippen LogP contribution in [-0.2, 0) is 0 Å². The smallest absolute Gasteiger partial charge is 0.177 e. The number of nitrogens with two attached hydrogens (primary N) is 1. The van der Waals surface area contributed by atoms with E-state index in [1.54, 1.807) is 6.92 Å². The number of aliphatic hydroxyl groups is 2. The minimum absolute atomic E-state index is 0.280. The fraction of sp³-hybridized carbons (Fsp3) is 1.00. The lowest BCUT2D eigenvalue weighted by molar-refractivity contribution is -0.178. The monoisotopic (exact) mass is 133 g/mol. The zero-order valence-corrected chi connectivity index (χ0v) is 5.96. The summed E-state index contributed by atoms with van der Waals surface area (Å²) in [5, 5.41) is 18.0. The van der Waals surface area contributed by atoms with Crippen LogP contribution in [0.2, 0.25) is 0 Å². The van der Waals surface area contributed by atoms with Crippen LogP contribution in [0.5, 0.6) is 0 Å². The molecule has 1 atom stereocenters. The molecule has 0 aliphatic heterocycles. The Kier molecular flexibility index (Phi) is 3.11. The highest BCUT2D eigenvalue weighted by Gasteiger charge is 2.27. The maximum atomic E-state index is 9.02. The lowest BCUT2D eigenvalue weighted by Gasteiger charge is -2.25. The van der Waals surface area contributed by atoms with E-state index in [-0.39, 0.29) is 6.42 Å². The Labute approximate surface area is 55.5 Å². The van der Waals surface area contributed by atoms with E-state index in [1.807, 2.05) is 6.92 Å². The average molecular weight is 133 g/mol. The molecular weight excluding hydrogens is 118 g/mol. The van der Waals surface area contributed by atoms with Gasteiger partial charge in [0.1, 0.15) is 0 Å². The zero-order valence-electron chi connectivity index (χ0n) is 5.96. The highest BCUT2D eigenvalue weighted by Crippen LogP contribution is 2.10. The lowest BCUT2D eigenvalue weighted by atomic mass is 10.0. The highest BCUT2D eigenvalue weighted by molar-refractivity contribution is 4.75. The minimum atomic E-state index is -1.67. The summed E-state index contributed by atoms with van der Waals surface area (Å²) in [6, 6.07) is -0.525. The summed E-state index contributed by atoms with van der Waals surface area (Å²) in [5.74, 6) is -1.67. The third-order valence-corrected chi connectivity index (χ3v) is 1.55. The van der Waals surface area contributed by atoms with Gasteiger partial charge in [-0.05, 0) is 12.8 Å². The Balaban J connectivity index is 3.80. The quantitative estimate of drug-likeness (QED) is 0.468. The van der Waals surface area contributed by atoms with E-state index in [0.29, 0.717) is 6.42 Å². The van der Waals surface area contributed by atoms with Gasteiger partial charge in [0.05, 0.1) is 6.04 Å². The summed E-state index contributed by atoms with van der Waals surface area (Å²) in [6.07, 6.45) is 0.864. The van der Waals surface area contributed by atoms with Gasteiger partial charge in [0.25, 0.3) is 0 Å². The van der Waals surface area contributed by atoms with E-state index in [2.05, 4.69) is 0 Å². The molecule has 56 valence electrons. The van der Waals surface area contributed by atoms with Crippen LogP contribution in [-0.4, -0.2) is 22.0 Å². The first kappa shape index (κ1) is 8.88. The third kappa shape index (κ3) is 2.30. The molecule has 0 aliphatic carbocycles. The second kappa shape index (κ2) is 3.15. The zero-order chi connectivity index (χ0) is 7.49. The van der Waals surface area contributed by atoms with E-state index in [4.69, 9.17) is 15.9 Å². The third-order valence-electron chi connectivity index (χ3n) is 1.55. The minimum Gasteiger partial charge on any atom is -0.364 e. The topological polar surface area (TPSA) is 66.5 Å².